The van der Waals surface area contributed by atoms with Gasteiger partial charge in [0.2, 0.25) is 11.1 Å². The number of carbonyl (C=O) groups excluding carboxylic acids is 1. The molecule has 11 heteroatoms. The lowest BCUT2D eigenvalue weighted by atomic mass is 9.95. The Kier molecular flexibility index (Phi) is 10.9. The number of ether oxygens (including phenoxy) is 3. The largest absolute Gasteiger partial charge is 0.490 e. The molecule has 0 bridgehead atoms. The summed E-state index contributed by atoms with van der Waals surface area (Å²) >= 11 is 11.4. The molecular weight excluding hydrogens is 664 g/mol. The van der Waals surface area contributed by atoms with Crippen LogP contribution >= 0.6 is 39.3 Å². The number of nitrogens with one attached hydrogen (secondary N) is 1. The Morgan fingerprint density at radius 1 is 1.07 bits per heavy atom. The number of benzene rings is 3. The highest BCUT2D eigenvalue weighted by molar-refractivity contribution is 9.10. The van der Waals surface area contributed by atoms with Crippen LogP contribution in [0.2, 0.25) is 5.02 Å². The van der Waals surface area contributed by atoms with Gasteiger partial charge in [0.1, 0.15) is 12.6 Å². The molecule has 44 heavy (non-hydrogen) atoms. The molecule has 1 atom stereocenters. The Bertz CT molecular complexity index is 1660. The van der Waals surface area contributed by atoms with Crippen LogP contribution in [-0.4, -0.2) is 33.9 Å². The minimum atomic E-state index is -0.596. The van der Waals surface area contributed by atoms with Gasteiger partial charge in [0.25, 0.3) is 0 Å². The second-order valence-electron chi connectivity index (χ2n) is 10.2. The van der Waals surface area contributed by atoms with Crippen molar-refractivity contribution in [2.45, 2.75) is 57.2 Å². The number of fused-ring (bicyclic) bond motifs is 1. The molecule has 1 aliphatic heterocycles. The predicted molar refractivity (Wildman–Crippen MR) is 177 cm³/mol. The van der Waals surface area contributed by atoms with Crippen LogP contribution in [0.5, 0.6) is 11.5 Å². The highest BCUT2D eigenvalue weighted by Gasteiger charge is 2.36. The van der Waals surface area contributed by atoms with Gasteiger partial charge in [0.05, 0.1) is 18.8 Å². The first kappa shape index (κ1) is 31.9. The molecule has 1 unspecified atom stereocenters. The van der Waals surface area contributed by atoms with E-state index in [1.165, 1.54) is 11.8 Å². The highest BCUT2D eigenvalue weighted by Crippen LogP contribution is 2.40. The molecule has 5 rings (SSSR count). The van der Waals surface area contributed by atoms with Crippen molar-refractivity contribution in [2.24, 2.45) is 0 Å². The van der Waals surface area contributed by atoms with Crippen molar-refractivity contribution in [1.29, 1.82) is 0 Å². The van der Waals surface area contributed by atoms with E-state index in [-0.39, 0.29) is 0 Å². The van der Waals surface area contributed by atoms with Gasteiger partial charge in [-0.25, -0.2) is 9.48 Å². The third kappa shape index (κ3) is 7.60. The van der Waals surface area contributed by atoms with Crippen molar-refractivity contribution in [3.63, 3.8) is 0 Å². The Hall–Kier alpha value is -3.47. The fourth-order valence-corrected chi connectivity index (χ4v) is 6.34. The lowest BCUT2D eigenvalue weighted by Crippen LogP contribution is -2.30. The maximum atomic E-state index is 13.5. The van der Waals surface area contributed by atoms with Crippen LogP contribution in [0.3, 0.4) is 0 Å². The van der Waals surface area contributed by atoms with E-state index < -0.39 is 12.0 Å². The second-order valence-corrected chi connectivity index (χ2v) is 12.4. The summed E-state index contributed by atoms with van der Waals surface area (Å²) < 4.78 is 20.6. The van der Waals surface area contributed by atoms with Gasteiger partial charge < -0.3 is 19.5 Å². The molecule has 0 amide bonds. The lowest BCUT2D eigenvalue weighted by molar-refractivity contribution is -0.139. The molecule has 0 saturated carbocycles. The van der Waals surface area contributed by atoms with Crippen LogP contribution < -0.4 is 14.8 Å². The van der Waals surface area contributed by atoms with Crippen molar-refractivity contribution in [3.8, 4) is 11.5 Å². The van der Waals surface area contributed by atoms with Crippen molar-refractivity contribution >= 4 is 51.2 Å². The number of esters is 1. The molecular formula is C33H34BrClN4O4S. The summed E-state index contributed by atoms with van der Waals surface area (Å²) in [6.07, 6.45) is 1.71. The van der Waals surface area contributed by atoms with E-state index in [0.29, 0.717) is 64.5 Å². The monoisotopic (exact) mass is 696 g/mol. The standard InChI is InChI=1S/C33H34BrClN4O4S/c1-4-6-16-42-31(40)29-21(3)36-32-37-33(44-20-24-11-7-8-13-26(24)35)38-39(32)30(29)23-14-15-27(28(18-23)41-5-2)43-19-22-10-9-12-25(34)17-22/h7-15,17-18,30H,4-6,16,19-20H2,1-3H3,(H,36,37,38). The maximum Gasteiger partial charge on any atom is 0.338 e. The van der Waals surface area contributed by atoms with Crippen LogP contribution in [0.25, 0.3) is 0 Å². The topological polar surface area (TPSA) is 87.5 Å². The average molecular weight is 698 g/mol. The summed E-state index contributed by atoms with van der Waals surface area (Å²) in [7, 11) is 0. The molecule has 3 aromatic carbocycles. The third-order valence-electron chi connectivity index (χ3n) is 6.97. The highest BCUT2D eigenvalue weighted by atomic mass is 79.9. The van der Waals surface area contributed by atoms with Crippen molar-refractivity contribution in [1.82, 2.24) is 14.8 Å². The molecule has 0 saturated heterocycles. The number of hydrogen-bond donors (Lipinski definition) is 1. The smallest absolute Gasteiger partial charge is 0.338 e. The molecule has 1 aliphatic rings. The summed E-state index contributed by atoms with van der Waals surface area (Å²) in [4.78, 5) is 18.3. The molecule has 0 fully saturated rings. The zero-order valence-corrected chi connectivity index (χ0v) is 28.0. The summed E-state index contributed by atoms with van der Waals surface area (Å²) in [5.74, 6) is 1.92. The number of rotatable bonds is 13. The summed E-state index contributed by atoms with van der Waals surface area (Å²) in [5.41, 5.74) is 3.93. The van der Waals surface area contributed by atoms with Gasteiger partial charge in [-0.3, -0.25) is 0 Å². The SMILES string of the molecule is CCCCOC(=O)C1=C(C)Nc2nc(SCc3ccccc3Cl)nn2C1c1ccc(OCc2cccc(Br)c2)c(OCC)c1. The number of unbranched alkanes of at least 4 members (excludes halogenated alkanes) is 1. The minimum absolute atomic E-state index is 0.342. The Morgan fingerprint density at radius 3 is 2.68 bits per heavy atom. The first-order valence-corrected chi connectivity index (χ1v) is 16.6. The normalized spacial score (nSPS) is 14.2. The molecule has 1 N–H and O–H groups in total. The van der Waals surface area contributed by atoms with Gasteiger partial charge in [-0.1, -0.05) is 89.0 Å². The van der Waals surface area contributed by atoms with Crippen LogP contribution in [0, 0.1) is 0 Å². The van der Waals surface area contributed by atoms with Crippen LogP contribution in [0.1, 0.15) is 56.3 Å². The van der Waals surface area contributed by atoms with E-state index in [1.807, 2.05) is 80.6 Å². The third-order valence-corrected chi connectivity index (χ3v) is 8.71. The Morgan fingerprint density at radius 2 is 1.91 bits per heavy atom. The van der Waals surface area contributed by atoms with Gasteiger partial charge in [-0.15, -0.1) is 5.10 Å². The number of carbonyl (C=O) groups is 1. The Balaban J connectivity index is 1.48. The lowest BCUT2D eigenvalue weighted by Gasteiger charge is -2.28. The van der Waals surface area contributed by atoms with E-state index >= 15 is 0 Å². The van der Waals surface area contributed by atoms with Gasteiger partial charge >= 0.3 is 5.97 Å². The fraction of sp³-hybridized carbons (Fsp3) is 0.303. The van der Waals surface area contributed by atoms with E-state index in [1.54, 1.807) is 4.68 Å². The van der Waals surface area contributed by atoms with Crippen molar-refractivity contribution in [3.05, 3.63) is 104 Å². The Labute approximate surface area is 275 Å². The van der Waals surface area contributed by atoms with Crippen LogP contribution in [0.4, 0.5) is 5.95 Å². The van der Waals surface area contributed by atoms with E-state index in [9.17, 15) is 4.79 Å². The molecule has 1 aromatic heterocycles. The van der Waals surface area contributed by atoms with E-state index in [0.717, 1.165) is 34.0 Å². The minimum Gasteiger partial charge on any atom is -0.490 e. The van der Waals surface area contributed by atoms with E-state index in [4.69, 9.17) is 35.9 Å². The molecule has 0 radical (unpaired) electrons. The average Bonchev–Trinajstić information content (AvgIpc) is 3.42. The number of aromatic nitrogens is 3. The van der Waals surface area contributed by atoms with Gasteiger partial charge in [-0.2, -0.15) is 4.98 Å². The summed E-state index contributed by atoms with van der Waals surface area (Å²) in [5, 5.41) is 9.37. The first-order chi connectivity index (χ1) is 21.4. The number of thioether (sulfide) groups is 1. The van der Waals surface area contributed by atoms with Gasteiger partial charge in [-0.05, 0) is 67.3 Å². The second kappa shape index (κ2) is 15.0. The zero-order chi connectivity index (χ0) is 31.1. The molecule has 4 aromatic rings. The van der Waals surface area contributed by atoms with Crippen LogP contribution in [0.15, 0.2) is 87.6 Å². The quantitative estimate of drug-likeness (QED) is 0.0845. The molecule has 230 valence electrons. The predicted octanol–water partition coefficient (Wildman–Crippen LogP) is 8.60. The number of halogens is 2. The molecule has 2 heterocycles. The zero-order valence-electron chi connectivity index (χ0n) is 24.8. The maximum absolute atomic E-state index is 13.5. The van der Waals surface area contributed by atoms with Gasteiger partial charge in [0.15, 0.2) is 11.5 Å². The fourth-order valence-electron chi connectivity index (χ4n) is 4.78. The van der Waals surface area contributed by atoms with Crippen molar-refractivity contribution in [2.75, 3.05) is 18.5 Å². The molecule has 8 nitrogen and oxygen atoms in total. The van der Waals surface area contributed by atoms with Crippen molar-refractivity contribution < 1.29 is 19.0 Å². The first-order valence-electron chi connectivity index (χ1n) is 14.5. The number of hydrogen-bond acceptors (Lipinski definition) is 8. The molecule has 0 spiro atoms. The summed E-state index contributed by atoms with van der Waals surface area (Å²) in [6.45, 7) is 7.00. The number of anilines is 1. The summed E-state index contributed by atoms with van der Waals surface area (Å²) in [6, 6.07) is 20.8. The van der Waals surface area contributed by atoms with Gasteiger partial charge in [0, 0.05) is 20.9 Å². The van der Waals surface area contributed by atoms with Crippen LogP contribution in [-0.2, 0) is 21.9 Å². The number of allylic oxidation sites excluding steroid dienone is 1. The number of nitrogens with zero attached hydrogens (tertiary/aromatic N) is 3. The molecule has 0 aliphatic carbocycles. The van der Waals surface area contributed by atoms with E-state index in [2.05, 4.69) is 28.2 Å².